The Bertz CT molecular complexity index is 812. The quantitative estimate of drug-likeness (QED) is 0.809. The fourth-order valence-corrected chi connectivity index (χ4v) is 3.28. The molecule has 122 valence electrons. The molecule has 1 atom stereocenters. The van der Waals surface area contributed by atoms with Crippen molar-refractivity contribution in [1.29, 1.82) is 0 Å². The van der Waals surface area contributed by atoms with Crippen LogP contribution in [0.1, 0.15) is 29.3 Å². The Morgan fingerprint density at radius 1 is 1.17 bits per heavy atom. The Hall–Kier alpha value is -2.95. The molecule has 1 amide bonds. The van der Waals surface area contributed by atoms with Crippen LogP contribution in [-0.2, 0) is 11.2 Å². The second-order valence-electron chi connectivity index (χ2n) is 6.04. The number of amides is 1. The lowest BCUT2D eigenvalue weighted by Gasteiger charge is -2.34. The lowest BCUT2D eigenvalue weighted by Crippen LogP contribution is -2.33. The Kier molecular flexibility index (Phi) is 3.61. The van der Waals surface area contributed by atoms with Crippen molar-refractivity contribution in [3.63, 3.8) is 0 Å². The van der Waals surface area contributed by atoms with Crippen molar-refractivity contribution >= 4 is 17.3 Å². The number of anilines is 1. The van der Waals surface area contributed by atoms with E-state index in [1.807, 2.05) is 24.3 Å². The molecule has 5 heteroatoms. The maximum atomic E-state index is 10.8. The fourth-order valence-electron chi connectivity index (χ4n) is 3.28. The average Bonchev–Trinajstić information content (AvgIpc) is 2.61. The number of carbonyl (C=O) groups is 1. The number of ether oxygens (including phenoxy) is 1. The summed E-state index contributed by atoms with van der Waals surface area (Å²) in [5, 5.41) is 7.13. The number of allylic oxidation sites excluding steroid dienone is 1. The molecule has 0 saturated heterocycles. The summed E-state index contributed by atoms with van der Waals surface area (Å²) in [5.74, 6) is 0.152. The third kappa shape index (κ3) is 2.69. The SMILES string of the molecule is NC(=O)COc1ccc(C2NC3=CCCc4cccc(c43)N2)cc1. The van der Waals surface area contributed by atoms with Gasteiger partial charge in [-0.15, -0.1) is 0 Å². The molecule has 2 aromatic rings. The lowest BCUT2D eigenvalue weighted by molar-refractivity contribution is -0.119. The minimum atomic E-state index is -0.480. The monoisotopic (exact) mass is 321 g/mol. The molecular weight excluding hydrogens is 302 g/mol. The Balaban J connectivity index is 1.57. The molecule has 0 bridgehead atoms. The van der Waals surface area contributed by atoms with Crippen LogP contribution in [0.5, 0.6) is 5.75 Å². The molecule has 2 aromatic carbocycles. The molecule has 1 unspecified atom stereocenters. The molecule has 4 N–H and O–H groups in total. The van der Waals surface area contributed by atoms with E-state index >= 15 is 0 Å². The Labute approximate surface area is 140 Å². The van der Waals surface area contributed by atoms with Crippen LogP contribution in [0.15, 0.2) is 48.5 Å². The molecular formula is C19H19N3O2. The molecule has 4 rings (SSSR count). The highest BCUT2D eigenvalue weighted by molar-refractivity contribution is 5.82. The maximum absolute atomic E-state index is 10.8. The van der Waals surface area contributed by atoms with Gasteiger partial charge in [0.2, 0.25) is 0 Å². The largest absolute Gasteiger partial charge is 0.484 e. The average molecular weight is 321 g/mol. The smallest absolute Gasteiger partial charge is 0.255 e. The zero-order valence-electron chi connectivity index (χ0n) is 13.2. The summed E-state index contributed by atoms with van der Waals surface area (Å²) in [6, 6.07) is 14.1. The summed E-state index contributed by atoms with van der Waals surface area (Å²) in [6.07, 6.45) is 4.42. The first-order valence-corrected chi connectivity index (χ1v) is 8.07. The molecule has 0 fully saturated rings. The van der Waals surface area contributed by atoms with Crippen LogP contribution >= 0.6 is 0 Å². The van der Waals surface area contributed by atoms with Crippen LogP contribution in [-0.4, -0.2) is 12.5 Å². The first-order valence-electron chi connectivity index (χ1n) is 8.07. The minimum absolute atomic E-state index is 0.00212. The first-order chi connectivity index (χ1) is 11.7. The van der Waals surface area contributed by atoms with Gasteiger partial charge in [0.15, 0.2) is 6.61 Å². The van der Waals surface area contributed by atoms with Gasteiger partial charge in [-0.05, 0) is 42.2 Å². The number of primary amides is 1. The standard InChI is InChI=1S/C19H19N3O2/c20-17(23)11-24-14-9-7-13(8-10-14)19-21-15-5-1-3-12-4-2-6-16(22-19)18(12)15/h1,3,5-10,19,21-22H,2,4,11H2,(H2,20,23). The van der Waals surface area contributed by atoms with Crippen LogP contribution in [0.4, 0.5) is 5.69 Å². The molecule has 1 aliphatic carbocycles. The van der Waals surface area contributed by atoms with E-state index in [9.17, 15) is 4.79 Å². The van der Waals surface area contributed by atoms with Gasteiger partial charge in [0.1, 0.15) is 11.9 Å². The maximum Gasteiger partial charge on any atom is 0.255 e. The molecule has 0 spiro atoms. The van der Waals surface area contributed by atoms with Gasteiger partial charge < -0.3 is 21.1 Å². The second kappa shape index (κ2) is 5.92. The third-order valence-electron chi connectivity index (χ3n) is 4.38. The van der Waals surface area contributed by atoms with E-state index in [1.165, 1.54) is 16.8 Å². The van der Waals surface area contributed by atoms with Gasteiger partial charge in [0.25, 0.3) is 5.91 Å². The summed E-state index contributed by atoms with van der Waals surface area (Å²) in [5.41, 5.74) is 11.2. The van der Waals surface area contributed by atoms with Crippen molar-refractivity contribution in [3.8, 4) is 5.75 Å². The number of rotatable bonds is 4. The zero-order valence-corrected chi connectivity index (χ0v) is 13.2. The van der Waals surface area contributed by atoms with Gasteiger partial charge in [-0.1, -0.05) is 30.3 Å². The number of benzene rings is 2. The number of hydrogen-bond donors (Lipinski definition) is 3. The molecule has 1 aliphatic heterocycles. The highest BCUT2D eigenvalue weighted by Gasteiger charge is 2.25. The first kappa shape index (κ1) is 14.6. The van der Waals surface area contributed by atoms with E-state index in [2.05, 4.69) is 34.9 Å². The number of hydrogen-bond acceptors (Lipinski definition) is 4. The van der Waals surface area contributed by atoms with Crippen molar-refractivity contribution in [1.82, 2.24) is 5.32 Å². The number of aryl methyl sites for hydroxylation is 1. The summed E-state index contributed by atoms with van der Waals surface area (Å²) in [6.45, 7) is -0.109. The molecule has 5 nitrogen and oxygen atoms in total. The van der Waals surface area contributed by atoms with E-state index in [-0.39, 0.29) is 12.8 Å². The summed E-state index contributed by atoms with van der Waals surface area (Å²) in [4.78, 5) is 10.8. The molecule has 2 aliphatic rings. The van der Waals surface area contributed by atoms with Gasteiger partial charge in [-0.3, -0.25) is 4.79 Å². The van der Waals surface area contributed by atoms with Crippen LogP contribution in [0.3, 0.4) is 0 Å². The second-order valence-corrected chi connectivity index (χ2v) is 6.04. The van der Waals surface area contributed by atoms with Gasteiger partial charge in [-0.2, -0.15) is 0 Å². The molecule has 0 radical (unpaired) electrons. The van der Waals surface area contributed by atoms with Crippen molar-refractivity contribution in [2.45, 2.75) is 19.0 Å². The topological polar surface area (TPSA) is 76.4 Å². The molecule has 1 heterocycles. The summed E-state index contributed by atoms with van der Waals surface area (Å²) >= 11 is 0. The third-order valence-corrected chi connectivity index (χ3v) is 4.38. The van der Waals surface area contributed by atoms with E-state index in [4.69, 9.17) is 10.5 Å². The zero-order chi connectivity index (χ0) is 16.5. The van der Waals surface area contributed by atoms with Crippen LogP contribution in [0, 0.1) is 0 Å². The number of nitrogens with two attached hydrogens (primary N) is 1. The number of carbonyl (C=O) groups excluding carboxylic acids is 1. The van der Waals surface area contributed by atoms with Crippen LogP contribution in [0.2, 0.25) is 0 Å². The van der Waals surface area contributed by atoms with E-state index in [0.29, 0.717) is 5.75 Å². The highest BCUT2D eigenvalue weighted by atomic mass is 16.5. The van der Waals surface area contributed by atoms with Gasteiger partial charge in [-0.25, -0.2) is 0 Å². The fraction of sp³-hybridized carbons (Fsp3) is 0.211. The van der Waals surface area contributed by atoms with Crippen molar-refractivity contribution in [3.05, 3.63) is 65.2 Å². The predicted molar refractivity (Wildman–Crippen MR) is 93.4 cm³/mol. The highest BCUT2D eigenvalue weighted by Crippen LogP contribution is 2.37. The lowest BCUT2D eigenvalue weighted by atomic mass is 9.91. The molecule has 24 heavy (non-hydrogen) atoms. The van der Waals surface area contributed by atoms with E-state index in [0.717, 1.165) is 24.1 Å². The van der Waals surface area contributed by atoms with Crippen molar-refractivity contribution in [2.75, 3.05) is 11.9 Å². The van der Waals surface area contributed by atoms with Gasteiger partial charge in [0, 0.05) is 16.9 Å². The van der Waals surface area contributed by atoms with Gasteiger partial charge in [0.05, 0.1) is 0 Å². The summed E-state index contributed by atoms with van der Waals surface area (Å²) in [7, 11) is 0. The van der Waals surface area contributed by atoms with Gasteiger partial charge >= 0.3 is 0 Å². The minimum Gasteiger partial charge on any atom is -0.484 e. The normalized spacial score (nSPS) is 17.8. The van der Waals surface area contributed by atoms with E-state index < -0.39 is 5.91 Å². The summed E-state index contributed by atoms with van der Waals surface area (Å²) < 4.78 is 5.31. The van der Waals surface area contributed by atoms with Crippen LogP contribution < -0.4 is 21.1 Å². The Morgan fingerprint density at radius 3 is 2.79 bits per heavy atom. The van der Waals surface area contributed by atoms with E-state index in [1.54, 1.807) is 0 Å². The van der Waals surface area contributed by atoms with Crippen molar-refractivity contribution in [2.24, 2.45) is 5.73 Å². The van der Waals surface area contributed by atoms with Crippen LogP contribution in [0.25, 0.3) is 5.70 Å². The Morgan fingerprint density at radius 2 is 2.00 bits per heavy atom. The van der Waals surface area contributed by atoms with Crippen molar-refractivity contribution < 1.29 is 9.53 Å². The molecule has 0 saturated carbocycles. The number of nitrogens with one attached hydrogen (secondary N) is 2. The predicted octanol–water partition coefficient (Wildman–Crippen LogP) is 2.55. The molecule has 0 aromatic heterocycles.